The average molecular weight is 180 g/mol. The number of rotatable bonds is 2. The highest BCUT2D eigenvalue weighted by Gasteiger charge is 2.14. The van der Waals surface area contributed by atoms with Gasteiger partial charge in [0.25, 0.3) is 0 Å². The summed E-state index contributed by atoms with van der Waals surface area (Å²) in [5.74, 6) is -0.546. The largest absolute Gasteiger partial charge is 0.410 e. The summed E-state index contributed by atoms with van der Waals surface area (Å²) in [6.45, 7) is 0. The van der Waals surface area contributed by atoms with Gasteiger partial charge in [-0.3, -0.25) is 4.79 Å². The van der Waals surface area contributed by atoms with Crippen LogP contribution in [-0.2, 0) is 0 Å². The molecule has 0 spiro atoms. The summed E-state index contributed by atoms with van der Waals surface area (Å²) in [6, 6.07) is 4.75. The fourth-order valence-corrected chi connectivity index (χ4v) is 1.31. The van der Waals surface area contributed by atoms with Crippen LogP contribution in [-0.4, -0.2) is 16.7 Å². The molecule has 0 aliphatic heterocycles. The van der Waals surface area contributed by atoms with Crippen molar-refractivity contribution in [3.8, 4) is 6.07 Å². The molecule has 5 heteroatoms. The van der Waals surface area contributed by atoms with E-state index in [2.05, 4.69) is 5.16 Å². The van der Waals surface area contributed by atoms with Crippen LogP contribution in [0.5, 0.6) is 0 Å². The third-order valence-corrected chi connectivity index (χ3v) is 2.03. The summed E-state index contributed by atoms with van der Waals surface area (Å²) in [4.78, 5) is 11.6. The van der Waals surface area contributed by atoms with E-state index in [1.165, 1.54) is 17.4 Å². The molecule has 0 aliphatic carbocycles. The van der Waals surface area contributed by atoms with Gasteiger partial charge in [0.2, 0.25) is 11.5 Å². The number of Topliss-reactive ketones (excluding diaryl/α,β-unsaturated/α-hetero) is 1. The smallest absolute Gasteiger partial charge is 0.235 e. The van der Waals surface area contributed by atoms with Gasteiger partial charge in [-0.25, -0.2) is 0 Å². The van der Waals surface area contributed by atoms with Crippen LogP contribution in [0, 0.1) is 11.3 Å². The summed E-state index contributed by atoms with van der Waals surface area (Å²) in [5, 5.41) is 20.9. The molecular weight excluding hydrogens is 176 g/mol. The minimum atomic E-state index is -0.546. The molecule has 0 saturated carbocycles. The Morgan fingerprint density at radius 1 is 1.75 bits per heavy atom. The van der Waals surface area contributed by atoms with Gasteiger partial charge in [-0.2, -0.15) is 5.26 Å². The summed E-state index contributed by atoms with van der Waals surface area (Å²) in [5.41, 5.74) is -0.488. The molecule has 1 heterocycles. The zero-order valence-electron chi connectivity index (χ0n) is 5.89. The molecule has 12 heavy (non-hydrogen) atoms. The lowest BCUT2D eigenvalue weighted by Crippen LogP contribution is -2.10. The predicted octanol–water partition coefficient (Wildman–Crippen LogP) is 1.28. The highest BCUT2D eigenvalue weighted by Crippen LogP contribution is 2.09. The topological polar surface area (TPSA) is 73.4 Å². The Labute approximate surface area is 72.4 Å². The van der Waals surface area contributed by atoms with E-state index in [0.717, 1.165) is 0 Å². The molecule has 1 aromatic heterocycles. The van der Waals surface area contributed by atoms with Crippen molar-refractivity contribution in [2.75, 3.05) is 0 Å². The van der Waals surface area contributed by atoms with Crippen LogP contribution in [0.25, 0.3) is 0 Å². The predicted molar refractivity (Wildman–Crippen MR) is 43.5 cm³/mol. The fraction of sp³-hybridized carbons (Fsp3) is 0. The maximum Gasteiger partial charge on any atom is 0.235 e. The number of nitriles is 1. The summed E-state index contributed by atoms with van der Waals surface area (Å²) in [6.07, 6.45) is 0. The molecule has 0 amide bonds. The first-order chi connectivity index (χ1) is 5.79. The third-order valence-electron chi connectivity index (χ3n) is 1.17. The number of hydrogen-bond acceptors (Lipinski definition) is 5. The Morgan fingerprint density at radius 2 is 2.50 bits per heavy atom. The maximum atomic E-state index is 11.2. The van der Waals surface area contributed by atoms with Gasteiger partial charge in [-0.05, 0) is 11.4 Å². The second-order valence-electron chi connectivity index (χ2n) is 1.87. The second-order valence-corrected chi connectivity index (χ2v) is 2.81. The van der Waals surface area contributed by atoms with E-state index in [-0.39, 0.29) is 0 Å². The van der Waals surface area contributed by atoms with Crippen LogP contribution in [0.2, 0.25) is 0 Å². The SMILES string of the molecule is N#C/C(=N\O)C(=O)c1cccs1. The third kappa shape index (κ3) is 1.49. The molecular formula is C7H4N2O2S. The van der Waals surface area contributed by atoms with E-state index < -0.39 is 11.5 Å². The number of nitrogens with zero attached hydrogens (tertiary/aromatic N) is 2. The highest BCUT2D eigenvalue weighted by atomic mass is 32.1. The molecule has 0 atom stereocenters. The van der Waals surface area contributed by atoms with E-state index in [1.807, 2.05) is 0 Å². The quantitative estimate of drug-likeness (QED) is 0.322. The van der Waals surface area contributed by atoms with Gasteiger partial charge >= 0.3 is 0 Å². The van der Waals surface area contributed by atoms with Crippen molar-refractivity contribution >= 4 is 22.8 Å². The molecule has 0 fully saturated rings. The second kappa shape index (κ2) is 3.64. The molecule has 0 aromatic carbocycles. The number of ketones is 1. The Hall–Kier alpha value is -1.67. The van der Waals surface area contributed by atoms with E-state index in [4.69, 9.17) is 10.5 Å². The highest BCUT2D eigenvalue weighted by molar-refractivity contribution is 7.13. The number of carbonyl (C=O) groups excluding carboxylic acids is 1. The normalized spacial score (nSPS) is 10.8. The van der Waals surface area contributed by atoms with E-state index in [0.29, 0.717) is 4.88 Å². The van der Waals surface area contributed by atoms with Crippen molar-refractivity contribution in [3.05, 3.63) is 22.4 Å². The lowest BCUT2D eigenvalue weighted by molar-refractivity contribution is 0.106. The summed E-state index contributed by atoms with van der Waals surface area (Å²) < 4.78 is 0. The molecule has 0 saturated heterocycles. The Bertz CT molecular complexity index is 348. The molecule has 0 bridgehead atoms. The molecule has 0 unspecified atom stereocenters. The zero-order valence-corrected chi connectivity index (χ0v) is 6.71. The van der Waals surface area contributed by atoms with E-state index in [9.17, 15) is 4.79 Å². The molecule has 1 N–H and O–H groups in total. The van der Waals surface area contributed by atoms with Crippen molar-refractivity contribution in [1.29, 1.82) is 5.26 Å². The zero-order chi connectivity index (χ0) is 8.97. The van der Waals surface area contributed by atoms with Crippen molar-refractivity contribution in [2.45, 2.75) is 0 Å². The van der Waals surface area contributed by atoms with Gasteiger partial charge in [0, 0.05) is 0 Å². The fourth-order valence-electron chi connectivity index (χ4n) is 0.643. The molecule has 1 aromatic rings. The monoisotopic (exact) mass is 180 g/mol. The number of carbonyl (C=O) groups is 1. The van der Waals surface area contributed by atoms with Crippen molar-refractivity contribution in [2.24, 2.45) is 5.16 Å². The first-order valence-electron chi connectivity index (χ1n) is 3.00. The minimum absolute atomic E-state index is 0.393. The number of thiophene rings is 1. The van der Waals surface area contributed by atoms with Crippen LogP contribution >= 0.6 is 11.3 Å². The Balaban J connectivity index is 2.95. The summed E-state index contributed by atoms with van der Waals surface area (Å²) in [7, 11) is 0. The molecule has 4 nitrogen and oxygen atoms in total. The van der Waals surface area contributed by atoms with Crippen LogP contribution in [0.1, 0.15) is 9.67 Å². The molecule has 0 radical (unpaired) electrons. The first kappa shape index (κ1) is 8.43. The van der Waals surface area contributed by atoms with Gasteiger partial charge in [0.1, 0.15) is 6.07 Å². The molecule has 0 aliphatic rings. The Morgan fingerprint density at radius 3 is 2.92 bits per heavy atom. The molecule has 60 valence electrons. The lowest BCUT2D eigenvalue weighted by atomic mass is 10.2. The average Bonchev–Trinajstić information content (AvgIpc) is 2.58. The van der Waals surface area contributed by atoms with Gasteiger partial charge < -0.3 is 5.21 Å². The van der Waals surface area contributed by atoms with Crippen molar-refractivity contribution in [1.82, 2.24) is 0 Å². The number of hydrogen-bond donors (Lipinski definition) is 1. The van der Waals surface area contributed by atoms with Crippen LogP contribution < -0.4 is 0 Å². The van der Waals surface area contributed by atoms with Gasteiger partial charge in [-0.1, -0.05) is 11.2 Å². The Kier molecular flexibility index (Phi) is 2.56. The first-order valence-corrected chi connectivity index (χ1v) is 3.88. The van der Waals surface area contributed by atoms with Gasteiger partial charge in [0.15, 0.2) is 0 Å². The van der Waals surface area contributed by atoms with Crippen LogP contribution in [0.3, 0.4) is 0 Å². The maximum absolute atomic E-state index is 11.2. The molecule has 1 rings (SSSR count). The van der Waals surface area contributed by atoms with Crippen LogP contribution in [0.15, 0.2) is 22.7 Å². The van der Waals surface area contributed by atoms with Gasteiger partial charge in [-0.15, -0.1) is 11.3 Å². The van der Waals surface area contributed by atoms with Crippen molar-refractivity contribution < 1.29 is 10.0 Å². The van der Waals surface area contributed by atoms with E-state index >= 15 is 0 Å². The van der Waals surface area contributed by atoms with Crippen molar-refractivity contribution in [3.63, 3.8) is 0 Å². The van der Waals surface area contributed by atoms with Crippen LogP contribution in [0.4, 0.5) is 0 Å². The number of oxime groups is 1. The summed E-state index contributed by atoms with van der Waals surface area (Å²) >= 11 is 1.20. The standard InChI is InChI=1S/C7H4N2O2S/c8-4-5(9-11)7(10)6-2-1-3-12-6/h1-3,11H/b9-5+. The minimum Gasteiger partial charge on any atom is -0.410 e. The lowest BCUT2D eigenvalue weighted by Gasteiger charge is -1.88. The van der Waals surface area contributed by atoms with Gasteiger partial charge in [0.05, 0.1) is 4.88 Å². The van der Waals surface area contributed by atoms with E-state index in [1.54, 1.807) is 17.5 Å².